The Morgan fingerprint density at radius 3 is 2.31 bits per heavy atom. The molecule has 0 bridgehead atoms. The minimum atomic E-state index is -0.208. The van der Waals surface area contributed by atoms with Gasteiger partial charge in [0.1, 0.15) is 5.82 Å². The summed E-state index contributed by atoms with van der Waals surface area (Å²) in [5.74, 6) is -0.0450. The number of piperidine rings is 1. The van der Waals surface area contributed by atoms with Crippen molar-refractivity contribution in [1.29, 1.82) is 0 Å². The normalized spacial score (nSPS) is 20.6. The summed E-state index contributed by atoms with van der Waals surface area (Å²) in [4.78, 5) is 17.7. The number of hydrogen-bond donors (Lipinski definition) is 1. The molecule has 2 aliphatic heterocycles. The standard InChI is InChI=1S/C27H36FN3O/c28-26-12-10-22(11-13-26)19-31-16-6-9-25(21-31)27(32)29-18-23-7-5-8-24(17-23)20-30-14-3-1-2-4-15-30/h5,7-8,10-13,17,25H,1-4,6,9,14-16,18-21H2,(H,29,32). The van der Waals surface area contributed by atoms with Crippen molar-refractivity contribution in [3.8, 4) is 0 Å². The van der Waals surface area contributed by atoms with Crippen LogP contribution in [-0.2, 0) is 24.4 Å². The number of nitrogens with zero attached hydrogens (tertiary/aromatic N) is 2. The molecule has 4 rings (SSSR count). The summed E-state index contributed by atoms with van der Waals surface area (Å²) in [5.41, 5.74) is 3.60. The minimum absolute atomic E-state index is 0.0180. The molecule has 1 unspecified atom stereocenters. The zero-order chi connectivity index (χ0) is 22.2. The molecule has 0 saturated carbocycles. The number of benzene rings is 2. The number of nitrogens with one attached hydrogen (secondary N) is 1. The lowest BCUT2D eigenvalue weighted by Gasteiger charge is -2.32. The van der Waals surface area contributed by atoms with Gasteiger partial charge < -0.3 is 5.32 Å². The average molecular weight is 438 g/mol. The van der Waals surface area contributed by atoms with Gasteiger partial charge in [0.15, 0.2) is 0 Å². The zero-order valence-corrected chi connectivity index (χ0v) is 19.1. The van der Waals surface area contributed by atoms with Crippen LogP contribution in [0.15, 0.2) is 48.5 Å². The Labute approximate surface area is 191 Å². The van der Waals surface area contributed by atoms with E-state index in [0.717, 1.165) is 44.6 Å². The Hall–Kier alpha value is -2.24. The molecule has 4 nitrogen and oxygen atoms in total. The maximum Gasteiger partial charge on any atom is 0.224 e. The van der Waals surface area contributed by atoms with Crippen molar-refractivity contribution in [1.82, 2.24) is 15.1 Å². The van der Waals surface area contributed by atoms with E-state index < -0.39 is 0 Å². The van der Waals surface area contributed by atoms with Crippen molar-refractivity contribution < 1.29 is 9.18 Å². The Morgan fingerprint density at radius 2 is 1.53 bits per heavy atom. The number of likely N-dealkylation sites (tertiary alicyclic amines) is 2. The molecule has 172 valence electrons. The molecule has 0 radical (unpaired) electrons. The van der Waals surface area contributed by atoms with E-state index in [4.69, 9.17) is 0 Å². The van der Waals surface area contributed by atoms with Gasteiger partial charge >= 0.3 is 0 Å². The predicted octanol–water partition coefficient (Wildman–Crippen LogP) is 4.73. The fraction of sp³-hybridized carbons (Fsp3) is 0.519. The number of carbonyl (C=O) groups is 1. The van der Waals surface area contributed by atoms with E-state index in [0.29, 0.717) is 6.54 Å². The van der Waals surface area contributed by atoms with E-state index in [2.05, 4.69) is 39.4 Å². The topological polar surface area (TPSA) is 35.6 Å². The maximum atomic E-state index is 13.1. The van der Waals surface area contributed by atoms with Crippen molar-refractivity contribution in [2.24, 2.45) is 5.92 Å². The summed E-state index contributed by atoms with van der Waals surface area (Å²) in [6.07, 6.45) is 7.26. The quantitative estimate of drug-likeness (QED) is 0.680. The van der Waals surface area contributed by atoms with Crippen LogP contribution in [0.4, 0.5) is 4.39 Å². The predicted molar refractivity (Wildman–Crippen MR) is 126 cm³/mol. The summed E-state index contributed by atoms with van der Waals surface area (Å²) >= 11 is 0. The van der Waals surface area contributed by atoms with Crippen LogP contribution in [-0.4, -0.2) is 41.9 Å². The molecule has 1 amide bonds. The summed E-state index contributed by atoms with van der Waals surface area (Å²) < 4.78 is 13.1. The number of halogens is 1. The molecule has 1 N–H and O–H groups in total. The number of amides is 1. The Kier molecular flexibility index (Phi) is 8.30. The molecule has 0 aromatic heterocycles. The first-order valence-corrected chi connectivity index (χ1v) is 12.2. The molecule has 2 saturated heterocycles. The number of rotatable bonds is 7. The lowest BCUT2D eigenvalue weighted by atomic mass is 9.96. The molecule has 5 heteroatoms. The van der Waals surface area contributed by atoms with Crippen LogP contribution in [0.3, 0.4) is 0 Å². The highest BCUT2D eigenvalue weighted by atomic mass is 19.1. The van der Waals surface area contributed by atoms with E-state index >= 15 is 0 Å². The Bertz CT molecular complexity index is 861. The Balaban J connectivity index is 1.26. The van der Waals surface area contributed by atoms with Crippen LogP contribution in [0.5, 0.6) is 0 Å². The van der Waals surface area contributed by atoms with Crippen molar-refractivity contribution >= 4 is 5.91 Å². The summed E-state index contributed by atoms with van der Waals surface area (Å²) in [7, 11) is 0. The molecule has 2 heterocycles. The third kappa shape index (κ3) is 6.88. The van der Waals surface area contributed by atoms with Gasteiger partial charge in [-0.2, -0.15) is 0 Å². The van der Waals surface area contributed by atoms with E-state index in [9.17, 15) is 9.18 Å². The van der Waals surface area contributed by atoms with Crippen LogP contribution in [0.25, 0.3) is 0 Å². The lowest BCUT2D eigenvalue weighted by Crippen LogP contribution is -2.42. The number of hydrogen-bond acceptors (Lipinski definition) is 3. The van der Waals surface area contributed by atoms with Crippen molar-refractivity contribution in [3.05, 3.63) is 71.0 Å². The Morgan fingerprint density at radius 1 is 0.844 bits per heavy atom. The molecule has 0 spiro atoms. The fourth-order valence-corrected chi connectivity index (χ4v) is 4.99. The van der Waals surface area contributed by atoms with Gasteiger partial charge in [0.05, 0.1) is 5.92 Å². The van der Waals surface area contributed by atoms with Gasteiger partial charge in [-0.1, -0.05) is 49.2 Å². The van der Waals surface area contributed by atoms with E-state index in [-0.39, 0.29) is 17.6 Å². The second kappa shape index (κ2) is 11.6. The average Bonchev–Trinajstić information content (AvgIpc) is 3.08. The third-order valence-electron chi connectivity index (χ3n) is 6.76. The van der Waals surface area contributed by atoms with Gasteiger partial charge in [0.25, 0.3) is 0 Å². The first kappa shape index (κ1) is 22.9. The SMILES string of the molecule is O=C(NCc1cccc(CN2CCCCCC2)c1)C1CCCN(Cc2ccc(F)cc2)C1. The molecule has 2 fully saturated rings. The molecule has 32 heavy (non-hydrogen) atoms. The molecule has 2 aliphatic rings. The monoisotopic (exact) mass is 437 g/mol. The van der Waals surface area contributed by atoms with Crippen molar-refractivity contribution in [3.63, 3.8) is 0 Å². The van der Waals surface area contributed by atoms with Crippen molar-refractivity contribution in [2.45, 2.75) is 58.2 Å². The highest BCUT2D eigenvalue weighted by Gasteiger charge is 2.25. The molecule has 1 atom stereocenters. The first-order chi connectivity index (χ1) is 15.7. The summed E-state index contributed by atoms with van der Waals surface area (Å²) in [6.45, 7) is 6.48. The lowest BCUT2D eigenvalue weighted by molar-refractivity contribution is -0.126. The first-order valence-electron chi connectivity index (χ1n) is 12.2. The van der Waals surface area contributed by atoms with Gasteiger partial charge in [0, 0.05) is 26.2 Å². The second-order valence-corrected chi connectivity index (χ2v) is 9.43. The number of carbonyl (C=O) groups excluding carboxylic acids is 1. The third-order valence-corrected chi connectivity index (χ3v) is 6.76. The second-order valence-electron chi connectivity index (χ2n) is 9.43. The smallest absolute Gasteiger partial charge is 0.224 e. The van der Waals surface area contributed by atoms with Crippen LogP contribution in [0.1, 0.15) is 55.2 Å². The molecule has 2 aromatic rings. The summed E-state index contributed by atoms with van der Waals surface area (Å²) in [5, 5.41) is 3.17. The van der Waals surface area contributed by atoms with Crippen LogP contribution >= 0.6 is 0 Å². The molecule has 2 aromatic carbocycles. The van der Waals surface area contributed by atoms with E-state index in [1.54, 1.807) is 0 Å². The van der Waals surface area contributed by atoms with E-state index in [1.807, 2.05) is 12.1 Å². The fourth-order valence-electron chi connectivity index (χ4n) is 4.99. The molecular formula is C27H36FN3O. The van der Waals surface area contributed by atoms with Crippen LogP contribution in [0, 0.1) is 11.7 Å². The largest absolute Gasteiger partial charge is 0.352 e. The van der Waals surface area contributed by atoms with Crippen LogP contribution < -0.4 is 5.32 Å². The van der Waals surface area contributed by atoms with Crippen LogP contribution in [0.2, 0.25) is 0 Å². The van der Waals surface area contributed by atoms with Gasteiger partial charge in [0.2, 0.25) is 5.91 Å². The van der Waals surface area contributed by atoms with Crippen molar-refractivity contribution in [2.75, 3.05) is 26.2 Å². The highest BCUT2D eigenvalue weighted by Crippen LogP contribution is 2.20. The van der Waals surface area contributed by atoms with Gasteiger partial charge in [-0.05, 0) is 74.1 Å². The summed E-state index contributed by atoms with van der Waals surface area (Å²) in [6, 6.07) is 15.3. The van der Waals surface area contributed by atoms with Gasteiger partial charge in [-0.15, -0.1) is 0 Å². The highest BCUT2D eigenvalue weighted by molar-refractivity contribution is 5.79. The zero-order valence-electron chi connectivity index (χ0n) is 19.1. The molecule has 0 aliphatic carbocycles. The van der Waals surface area contributed by atoms with E-state index in [1.165, 1.54) is 62.0 Å². The minimum Gasteiger partial charge on any atom is -0.352 e. The maximum absolute atomic E-state index is 13.1. The molecular weight excluding hydrogens is 401 g/mol. The van der Waals surface area contributed by atoms with Gasteiger partial charge in [-0.3, -0.25) is 14.6 Å². The van der Waals surface area contributed by atoms with Gasteiger partial charge in [-0.25, -0.2) is 4.39 Å².